The van der Waals surface area contributed by atoms with Crippen LogP contribution in [0.1, 0.15) is 31.3 Å². The number of halogens is 1. The van der Waals surface area contributed by atoms with Crippen molar-refractivity contribution in [3.05, 3.63) is 71.4 Å². The summed E-state index contributed by atoms with van der Waals surface area (Å²) >= 11 is 6.30. The Morgan fingerprint density at radius 2 is 1.68 bits per heavy atom. The van der Waals surface area contributed by atoms with Crippen LogP contribution in [0.5, 0.6) is 0 Å². The summed E-state index contributed by atoms with van der Waals surface area (Å²) in [7, 11) is 0. The number of carbonyl (C=O) groups is 1. The zero-order valence-electron chi connectivity index (χ0n) is 14.5. The van der Waals surface area contributed by atoms with E-state index in [4.69, 9.17) is 11.6 Å². The minimum Gasteiger partial charge on any atom is -0.346 e. The number of aromatic nitrogens is 2. The lowest BCUT2D eigenvalue weighted by atomic mass is 10.1. The van der Waals surface area contributed by atoms with Crippen LogP contribution in [0.3, 0.4) is 0 Å². The SMILES string of the molecule is CC(C)(C)NC(=O)c1cc(-c2ccccc2Cl)nn1-c1ccccc1. The van der Waals surface area contributed by atoms with E-state index in [-0.39, 0.29) is 11.4 Å². The van der Waals surface area contributed by atoms with Crippen molar-refractivity contribution in [3.8, 4) is 16.9 Å². The Balaban J connectivity index is 2.12. The first-order valence-electron chi connectivity index (χ1n) is 8.08. The standard InChI is InChI=1S/C20H20ClN3O/c1-20(2,3)22-19(25)18-13-17(15-11-7-8-12-16(15)21)23-24(18)14-9-5-4-6-10-14/h4-13H,1-3H3,(H,22,25). The molecule has 1 heterocycles. The molecular formula is C20H20ClN3O. The molecule has 2 aromatic carbocycles. The van der Waals surface area contributed by atoms with Crippen molar-refractivity contribution in [2.24, 2.45) is 0 Å². The van der Waals surface area contributed by atoms with Crippen molar-refractivity contribution < 1.29 is 4.79 Å². The second kappa shape index (κ2) is 6.73. The van der Waals surface area contributed by atoms with E-state index in [1.54, 1.807) is 10.7 Å². The molecule has 1 N–H and O–H groups in total. The third kappa shape index (κ3) is 3.91. The molecule has 0 aliphatic rings. The number of nitrogens with one attached hydrogen (secondary N) is 1. The van der Waals surface area contributed by atoms with Crippen LogP contribution in [-0.2, 0) is 0 Å². The Labute approximate surface area is 152 Å². The van der Waals surface area contributed by atoms with E-state index in [2.05, 4.69) is 10.4 Å². The molecule has 1 aromatic heterocycles. The minimum atomic E-state index is -0.340. The lowest BCUT2D eigenvalue weighted by Gasteiger charge is -2.20. The maximum absolute atomic E-state index is 12.8. The summed E-state index contributed by atoms with van der Waals surface area (Å²) in [4.78, 5) is 12.8. The molecule has 128 valence electrons. The summed E-state index contributed by atoms with van der Waals surface area (Å²) in [5.41, 5.74) is 2.40. The fourth-order valence-electron chi connectivity index (χ4n) is 2.51. The highest BCUT2D eigenvalue weighted by Gasteiger charge is 2.22. The Morgan fingerprint density at radius 3 is 2.32 bits per heavy atom. The van der Waals surface area contributed by atoms with Gasteiger partial charge in [0.25, 0.3) is 5.91 Å². The molecule has 0 unspecified atom stereocenters. The van der Waals surface area contributed by atoms with Gasteiger partial charge in [0.1, 0.15) is 5.69 Å². The molecule has 4 nitrogen and oxygen atoms in total. The maximum Gasteiger partial charge on any atom is 0.270 e. The minimum absolute atomic E-state index is 0.179. The third-order valence-electron chi connectivity index (χ3n) is 3.58. The molecule has 0 radical (unpaired) electrons. The predicted octanol–water partition coefficient (Wildman–Crippen LogP) is 4.72. The van der Waals surface area contributed by atoms with Crippen LogP contribution in [0, 0.1) is 0 Å². The lowest BCUT2D eigenvalue weighted by molar-refractivity contribution is 0.0911. The van der Waals surface area contributed by atoms with Gasteiger partial charge in [-0.2, -0.15) is 5.10 Å². The van der Waals surface area contributed by atoms with Gasteiger partial charge in [-0.25, -0.2) is 4.68 Å². The largest absolute Gasteiger partial charge is 0.346 e. The van der Waals surface area contributed by atoms with E-state index >= 15 is 0 Å². The molecule has 0 bridgehead atoms. The number of hydrogen-bond donors (Lipinski definition) is 1. The molecule has 0 spiro atoms. The first-order chi connectivity index (χ1) is 11.8. The van der Waals surface area contributed by atoms with Gasteiger partial charge in [-0.05, 0) is 45.0 Å². The fraction of sp³-hybridized carbons (Fsp3) is 0.200. The van der Waals surface area contributed by atoms with Crippen molar-refractivity contribution in [1.82, 2.24) is 15.1 Å². The fourth-order valence-corrected chi connectivity index (χ4v) is 2.75. The van der Waals surface area contributed by atoms with Crippen molar-refractivity contribution in [3.63, 3.8) is 0 Å². The number of para-hydroxylation sites is 1. The van der Waals surface area contributed by atoms with Crippen LogP contribution in [0.4, 0.5) is 0 Å². The van der Waals surface area contributed by atoms with Gasteiger partial charge in [0, 0.05) is 11.1 Å². The van der Waals surface area contributed by atoms with Crippen molar-refractivity contribution in [1.29, 1.82) is 0 Å². The molecular weight excluding hydrogens is 334 g/mol. The van der Waals surface area contributed by atoms with Gasteiger partial charge in [0.2, 0.25) is 0 Å². The van der Waals surface area contributed by atoms with Gasteiger partial charge in [0.05, 0.1) is 16.4 Å². The molecule has 3 rings (SSSR count). The number of benzene rings is 2. The molecule has 0 saturated carbocycles. The zero-order chi connectivity index (χ0) is 18.0. The second-order valence-corrected chi connectivity index (χ2v) is 7.25. The van der Waals surface area contributed by atoms with Gasteiger partial charge in [-0.15, -0.1) is 0 Å². The molecule has 25 heavy (non-hydrogen) atoms. The van der Waals surface area contributed by atoms with Crippen LogP contribution in [-0.4, -0.2) is 21.2 Å². The van der Waals surface area contributed by atoms with E-state index < -0.39 is 0 Å². The first-order valence-corrected chi connectivity index (χ1v) is 8.46. The highest BCUT2D eigenvalue weighted by molar-refractivity contribution is 6.33. The van der Waals surface area contributed by atoms with Crippen molar-refractivity contribution in [2.45, 2.75) is 26.3 Å². The average Bonchev–Trinajstić information content (AvgIpc) is 3.00. The smallest absolute Gasteiger partial charge is 0.270 e. The van der Waals surface area contributed by atoms with Crippen LogP contribution < -0.4 is 5.32 Å². The van der Waals surface area contributed by atoms with Crippen molar-refractivity contribution >= 4 is 17.5 Å². The second-order valence-electron chi connectivity index (χ2n) is 6.85. The summed E-state index contributed by atoms with van der Waals surface area (Å²) in [5.74, 6) is -0.179. The third-order valence-corrected chi connectivity index (χ3v) is 3.91. The van der Waals surface area contributed by atoms with Crippen molar-refractivity contribution in [2.75, 3.05) is 0 Å². The molecule has 3 aromatic rings. The molecule has 0 fully saturated rings. The Bertz CT molecular complexity index is 895. The summed E-state index contributed by atoms with van der Waals surface area (Å²) in [5, 5.41) is 8.23. The number of amides is 1. The van der Waals surface area contributed by atoms with Crippen LogP contribution in [0.15, 0.2) is 60.7 Å². The van der Waals surface area contributed by atoms with Crippen LogP contribution in [0.25, 0.3) is 16.9 Å². The van der Waals surface area contributed by atoms with E-state index in [0.29, 0.717) is 16.4 Å². The molecule has 0 atom stereocenters. The summed E-state index contributed by atoms with van der Waals surface area (Å²) in [6, 6.07) is 18.8. The van der Waals surface area contributed by atoms with E-state index in [9.17, 15) is 4.79 Å². The maximum atomic E-state index is 12.8. The van der Waals surface area contributed by atoms with Gasteiger partial charge in [-0.1, -0.05) is 48.0 Å². The molecule has 0 saturated heterocycles. The number of hydrogen-bond acceptors (Lipinski definition) is 2. The highest BCUT2D eigenvalue weighted by atomic mass is 35.5. The van der Waals surface area contributed by atoms with Gasteiger partial charge in [0.15, 0.2) is 0 Å². The van der Waals surface area contributed by atoms with Crippen LogP contribution in [0.2, 0.25) is 5.02 Å². The Hall–Kier alpha value is -2.59. The number of nitrogens with zero attached hydrogens (tertiary/aromatic N) is 2. The zero-order valence-corrected chi connectivity index (χ0v) is 15.2. The van der Waals surface area contributed by atoms with Gasteiger partial charge >= 0.3 is 0 Å². The van der Waals surface area contributed by atoms with Crippen LogP contribution >= 0.6 is 11.6 Å². The highest BCUT2D eigenvalue weighted by Crippen LogP contribution is 2.28. The topological polar surface area (TPSA) is 46.9 Å². The lowest BCUT2D eigenvalue weighted by Crippen LogP contribution is -2.41. The van der Waals surface area contributed by atoms with Gasteiger partial charge < -0.3 is 5.32 Å². The summed E-state index contributed by atoms with van der Waals surface area (Å²) in [6.45, 7) is 5.84. The van der Waals surface area contributed by atoms with Gasteiger partial charge in [-0.3, -0.25) is 4.79 Å². The molecule has 0 aliphatic heterocycles. The normalized spacial score (nSPS) is 11.4. The van der Waals surface area contributed by atoms with E-state index in [1.807, 2.05) is 75.4 Å². The summed E-state index contributed by atoms with van der Waals surface area (Å²) < 4.78 is 1.65. The number of carbonyl (C=O) groups excluding carboxylic acids is 1. The molecule has 1 amide bonds. The molecule has 0 aliphatic carbocycles. The Kier molecular flexibility index (Phi) is 4.64. The quantitative estimate of drug-likeness (QED) is 0.740. The monoisotopic (exact) mass is 353 g/mol. The summed E-state index contributed by atoms with van der Waals surface area (Å²) in [6.07, 6.45) is 0. The van der Waals surface area contributed by atoms with E-state index in [1.165, 1.54) is 0 Å². The molecule has 5 heteroatoms. The predicted molar refractivity (Wildman–Crippen MR) is 101 cm³/mol. The first kappa shape index (κ1) is 17.2. The Morgan fingerprint density at radius 1 is 1.04 bits per heavy atom. The number of rotatable bonds is 3. The average molecular weight is 354 g/mol. The van der Waals surface area contributed by atoms with E-state index in [0.717, 1.165) is 11.3 Å².